The monoisotopic (exact) mass is 430 g/mol. The Kier molecular flexibility index (Phi) is 6.16. The minimum absolute atomic E-state index is 0.142. The molecule has 0 radical (unpaired) electrons. The lowest BCUT2D eigenvalue weighted by Gasteiger charge is -2.36. The van der Waals surface area contributed by atoms with Crippen molar-refractivity contribution in [2.75, 3.05) is 10.2 Å². The summed E-state index contributed by atoms with van der Waals surface area (Å²) in [5.74, 6) is -0.648. The number of para-hydroxylation sites is 1. The molecular formula is C25H26N4O3. The summed E-state index contributed by atoms with van der Waals surface area (Å²) in [7, 11) is 0. The van der Waals surface area contributed by atoms with Gasteiger partial charge < -0.3 is 5.32 Å². The number of rotatable bonds is 5. The average Bonchev–Trinajstić information content (AvgIpc) is 2.81. The minimum atomic E-state index is -0.688. The Labute approximate surface area is 186 Å². The minimum Gasteiger partial charge on any atom is -0.324 e. The van der Waals surface area contributed by atoms with E-state index in [2.05, 4.69) is 10.4 Å². The van der Waals surface area contributed by atoms with Crippen molar-refractivity contribution in [1.29, 1.82) is 0 Å². The second kappa shape index (κ2) is 9.18. The Balaban J connectivity index is 1.70. The molecule has 7 heteroatoms. The summed E-state index contributed by atoms with van der Waals surface area (Å²) < 4.78 is 1.30. The van der Waals surface area contributed by atoms with Crippen LogP contribution in [0.1, 0.15) is 41.4 Å². The molecule has 1 aliphatic heterocycles. The number of aromatic nitrogens is 2. The first kappa shape index (κ1) is 21.5. The molecule has 0 saturated carbocycles. The van der Waals surface area contributed by atoms with E-state index in [4.69, 9.17) is 0 Å². The van der Waals surface area contributed by atoms with Crippen LogP contribution in [0, 0.1) is 6.92 Å². The number of carbonyl (C=O) groups is 2. The fourth-order valence-corrected chi connectivity index (χ4v) is 3.97. The molecule has 0 fully saturated rings. The molecule has 164 valence electrons. The van der Waals surface area contributed by atoms with Gasteiger partial charge in [0.15, 0.2) is 0 Å². The SMILES string of the molecule is CCCn1nc(C(=O)N2c3ccccc3CCC2C(=O)Nc2ccc(C)cc2)ccc1=O. The van der Waals surface area contributed by atoms with Crippen LogP contribution in [-0.2, 0) is 17.8 Å². The quantitative estimate of drug-likeness (QED) is 0.671. The molecule has 32 heavy (non-hydrogen) atoms. The van der Waals surface area contributed by atoms with Crippen LogP contribution in [0.5, 0.6) is 0 Å². The maximum Gasteiger partial charge on any atom is 0.279 e. The van der Waals surface area contributed by atoms with Crippen LogP contribution >= 0.6 is 0 Å². The van der Waals surface area contributed by atoms with E-state index < -0.39 is 11.9 Å². The van der Waals surface area contributed by atoms with Gasteiger partial charge in [-0.15, -0.1) is 0 Å². The van der Waals surface area contributed by atoms with Gasteiger partial charge in [0.05, 0.1) is 0 Å². The molecule has 3 aromatic rings. The van der Waals surface area contributed by atoms with Crippen molar-refractivity contribution in [3.05, 3.63) is 87.8 Å². The first-order valence-electron chi connectivity index (χ1n) is 10.8. The molecule has 1 unspecified atom stereocenters. The third-order valence-electron chi connectivity index (χ3n) is 5.61. The molecule has 2 aromatic carbocycles. The normalized spacial score (nSPS) is 15.2. The molecular weight excluding hydrogens is 404 g/mol. The highest BCUT2D eigenvalue weighted by Crippen LogP contribution is 2.32. The number of carbonyl (C=O) groups excluding carboxylic acids is 2. The van der Waals surface area contributed by atoms with Crippen molar-refractivity contribution in [2.45, 2.75) is 45.7 Å². The number of fused-ring (bicyclic) bond motifs is 1. The molecule has 1 aromatic heterocycles. The summed E-state index contributed by atoms with van der Waals surface area (Å²) in [5.41, 5.74) is 3.37. The van der Waals surface area contributed by atoms with Crippen molar-refractivity contribution in [2.24, 2.45) is 0 Å². The number of aryl methyl sites for hydroxylation is 3. The fraction of sp³-hybridized carbons (Fsp3) is 0.280. The summed E-state index contributed by atoms with van der Waals surface area (Å²) in [6.45, 7) is 4.35. The first-order chi connectivity index (χ1) is 15.5. The van der Waals surface area contributed by atoms with E-state index in [0.717, 1.165) is 17.5 Å². The smallest absolute Gasteiger partial charge is 0.279 e. The number of hydrogen-bond donors (Lipinski definition) is 1. The maximum atomic E-state index is 13.6. The van der Waals surface area contributed by atoms with Crippen molar-refractivity contribution < 1.29 is 9.59 Å². The second-order valence-corrected chi connectivity index (χ2v) is 7.99. The number of hydrogen-bond acceptors (Lipinski definition) is 4. The molecule has 1 atom stereocenters. The maximum absolute atomic E-state index is 13.6. The van der Waals surface area contributed by atoms with Crippen molar-refractivity contribution >= 4 is 23.2 Å². The van der Waals surface area contributed by atoms with E-state index in [1.807, 2.05) is 62.4 Å². The van der Waals surface area contributed by atoms with Crippen LogP contribution in [0.15, 0.2) is 65.5 Å². The number of nitrogens with one attached hydrogen (secondary N) is 1. The lowest BCUT2D eigenvalue weighted by Crippen LogP contribution is -2.50. The molecule has 7 nitrogen and oxygen atoms in total. The number of amides is 2. The molecule has 0 aliphatic carbocycles. The molecule has 0 bridgehead atoms. The molecule has 1 N–H and O–H groups in total. The summed E-state index contributed by atoms with van der Waals surface area (Å²) >= 11 is 0. The highest BCUT2D eigenvalue weighted by atomic mass is 16.2. The van der Waals surface area contributed by atoms with E-state index in [9.17, 15) is 14.4 Å². The van der Waals surface area contributed by atoms with Crippen LogP contribution in [0.4, 0.5) is 11.4 Å². The van der Waals surface area contributed by atoms with Crippen LogP contribution in [0.3, 0.4) is 0 Å². The van der Waals surface area contributed by atoms with Gasteiger partial charge in [0.25, 0.3) is 11.5 Å². The van der Waals surface area contributed by atoms with Gasteiger partial charge in [0, 0.05) is 24.0 Å². The Morgan fingerprint density at radius 2 is 1.81 bits per heavy atom. The van der Waals surface area contributed by atoms with Crippen molar-refractivity contribution in [3.8, 4) is 0 Å². The summed E-state index contributed by atoms with van der Waals surface area (Å²) in [4.78, 5) is 40.5. The molecule has 2 heterocycles. The zero-order chi connectivity index (χ0) is 22.7. The molecule has 0 saturated heterocycles. The molecule has 0 spiro atoms. The van der Waals surface area contributed by atoms with Gasteiger partial charge >= 0.3 is 0 Å². The summed E-state index contributed by atoms with van der Waals surface area (Å²) in [6, 6.07) is 17.2. The summed E-state index contributed by atoms with van der Waals surface area (Å²) in [6.07, 6.45) is 1.91. The number of anilines is 2. The predicted molar refractivity (Wildman–Crippen MR) is 124 cm³/mol. The van der Waals surface area contributed by atoms with Crippen LogP contribution in [-0.4, -0.2) is 27.6 Å². The lowest BCUT2D eigenvalue weighted by atomic mass is 9.94. The third kappa shape index (κ3) is 4.32. The van der Waals surface area contributed by atoms with Gasteiger partial charge in [-0.1, -0.05) is 42.8 Å². The second-order valence-electron chi connectivity index (χ2n) is 7.99. The third-order valence-corrected chi connectivity index (χ3v) is 5.61. The van der Waals surface area contributed by atoms with E-state index in [1.165, 1.54) is 21.7 Å². The van der Waals surface area contributed by atoms with E-state index in [1.54, 1.807) is 0 Å². The van der Waals surface area contributed by atoms with Crippen molar-refractivity contribution in [1.82, 2.24) is 9.78 Å². The van der Waals surface area contributed by atoms with E-state index in [-0.39, 0.29) is 17.2 Å². The zero-order valence-corrected chi connectivity index (χ0v) is 18.2. The number of benzene rings is 2. The highest BCUT2D eigenvalue weighted by Gasteiger charge is 2.36. The Morgan fingerprint density at radius 1 is 1.06 bits per heavy atom. The Hall–Kier alpha value is -3.74. The molecule has 1 aliphatic rings. The summed E-state index contributed by atoms with van der Waals surface area (Å²) in [5, 5.41) is 7.22. The first-order valence-corrected chi connectivity index (χ1v) is 10.8. The van der Waals surface area contributed by atoms with Crippen molar-refractivity contribution in [3.63, 3.8) is 0 Å². The molecule has 2 amide bonds. The van der Waals surface area contributed by atoms with Gasteiger partial charge in [-0.05, 0) is 56.0 Å². The van der Waals surface area contributed by atoms with Crippen LogP contribution in [0.25, 0.3) is 0 Å². The van der Waals surface area contributed by atoms with Gasteiger partial charge in [-0.25, -0.2) is 4.68 Å². The van der Waals surface area contributed by atoms with E-state index >= 15 is 0 Å². The standard InChI is InChI=1S/C25H26N4O3/c1-3-16-28-23(30)15-13-20(27-28)25(32)29-21-7-5-4-6-18(21)10-14-22(29)24(31)26-19-11-8-17(2)9-12-19/h4-9,11-13,15,22H,3,10,14,16H2,1-2H3,(H,26,31). The van der Waals surface area contributed by atoms with Crippen LogP contribution < -0.4 is 15.8 Å². The van der Waals surface area contributed by atoms with Gasteiger partial charge in [-0.3, -0.25) is 19.3 Å². The van der Waals surface area contributed by atoms with Gasteiger partial charge in [0.1, 0.15) is 11.7 Å². The average molecular weight is 431 g/mol. The number of nitrogens with zero attached hydrogens (tertiary/aromatic N) is 3. The Bertz CT molecular complexity index is 1200. The van der Waals surface area contributed by atoms with Crippen LogP contribution in [0.2, 0.25) is 0 Å². The van der Waals surface area contributed by atoms with Gasteiger partial charge in [-0.2, -0.15) is 5.10 Å². The topological polar surface area (TPSA) is 84.3 Å². The largest absolute Gasteiger partial charge is 0.324 e. The molecule has 4 rings (SSSR count). The fourth-order valence-electron chi connectivity index (χ4n) is 3.97. The lowest BCUT2D eigenvalue weighted by molar-refractivity contribution is -0.117. The highest BCUT2D eigenvalue weighted by molar-refractivity contribution is 6.11. The predicted octanol–water partition coefficient (Wildman–Crippen LogP) is 3.56. The van der Waals surface area contributed by atoms with Gasteiger partial charge in [0.2, 0.25) is 5.91 Å². The Morgan fingerprint density at radius 3 is 2.56 bits per heavy atom. The van der Waals surface area contributed by atoms with E-state index in [0.29, 0.717) is 30.8 Å². The zero-order valence-electron chi connectivity index (χ0n) is 18.2.